The Morgan fingerprint density at radius 2 is 2.17 bits per heavy atom. The first-order valence-corrected chi connectivity index (χ1v) is 9.22. The van der Waals surface area contributed by atoms with Crippen molar-refractivity contribution in [3.05, 3.63) is 41.4 Å². The van der Waals surface area contributed by atoms with Crippen molar-refractivity contribution >= 4 is 11.3 Å². The molecule has 6 nitrogen and oxygen atoms in total. The monoisotopic (exact) mass is 342 g/mol. The third-order valence-electron chi connectivity index (χ3n) is 4.53. The van der Waals surface area contributed by atoms with Crippen LogP contribution in [0.4, 0.5) is 0 Å². The Morgan fingerprint density at radius 1 is 1.25 bits per heavy atom. The van der Waals surface area contributed by atoms with Gasteiger partial charge in [0.2, 0.25) is 0 Å². The number of hydrogen-bond donors (Lipinski definition) is 0. The van der Waals surface area contributed by atoms with E-state index in [1.54, 1.807) is 11.3 Å². The van der Waals surface area contributed by atoms with Gasteiger partial charge < -0.3 is 0 Å². The summed E-state index contributed by atoms with van der Waals surface area (Å²) in [5.74, 6) is 0. The normalized spacial score (nSPS) is 18.5. The van der Waals surface area contributed by atoms with Crippen LogP contribution in [0.5, 0.6) is 0 Å². The average Bonchev–Trinajstić information content (AvgIpc) is 3.31. The molecule has 3 aromatic heterocycles. The molecule has 0 amide bonds. The third-order valence-corrected chi connectivity index (χ3v) is 5.47. The number of hydrogen-bond acceptors (Lipinski definition) is 5. The zero-order valence-corrected chi connectivity index (χ0v) is 14.9. The second-order valence-electron chi connectivity index (χ2n) is 6.55. The van der Waals surface area contributed by atoms with Crippen LogP contribution < -0.4 is 0 Å². The summed E-state index contributed by atoms with van der Waals surface area (Å²) in [5, 5.41) is 11.9. The van der Waals surface area contributed by atoms with Crippen LogP contribution in [0.1, 0.15) is 24.1 Å². The van der Waals surface area contributed by atoms with E-state index in [-0.39, 0.29) is 0 Å². The number of aromatic nitrogens is 5. The molecule has 24 heavy (non-hydrogen) atoms. The molecule has 0 spiro atoms. The van der Waals surface area contributed by atoms with Crippen molar-refractivity contribution in [2.24, 2.45) is 7.05 Å². The minimum atomic E-state index is 0.549. The maximum absolute atomic E-state index is 4.80. The molecule has 0 bridgehead atoms. The Hall–Kier alpha value is -1.99. The SMILES string of the molecule is Cc1cnn(CC2CCCN2Cc2csc(-c3cnn(C)c3)n2)c1. The fraction of sp³-hybridized carbons (Fsp3) is 0.471. The van der Waals surface area contributed by atoms with Gasteiger partial charge >= 0.3 is 0 Å². The van der Waals surface area contributed by atoms with E-state index >= 15 is 0 Å². The topological polar surface area (TPSA) is 51.8 Å². The molecule has 1 fully saturated rings. The molecule has 1 saturated heterocycles. The van der Waals surface area contributed by atoms with Gasteiger partial charge in [0.15, 0.2) is 0 Å². The first-order chi connectivity index (χ1) is 11.7. The molecule has 0 aromatic carbocycles. The van der Waals surface area contributed by atoms with Crippen LogP contribution in [0.3, 0.4) is 0 Å². The lowest BCUT2D eigenvalue weighted by atomic mass is 10.2. The van der Waals surface area contributed by atoms with Crippen LogP contribution in [-0.2, 0) is 20.1 Å². The minimum absolute atomic E-state index is 0.549. The molecule has 0 aliphatic carbocycles. The summed E-state index contributed by atoms with van der Waals surface area (Å²) in [6, 6.07) is 0.549. The van der Waals surface area contributed by atoms with E-state index in [0.29, 0.717) is 6.04 Å². The smallest absolute Gasteiger partial charge is 0.126 e. The first kappa shape index (κ1) is 15.5. The van der Waals surface area contributed by atoms with Crippen molar-refractivity contribution in [3.8, 4) is 10.6 Å². The van der Waals surface area contributed by atoms with Gasteiger partial charge in [-0.15, -0.1) is 11.3 Å². The summed E-state index contributed by atoms with van der Waals surface area (Å²) in [7, 11) is 1.93. The highest BCUT2D eigenvalue weighted by Crippen LogP contribution is 2.26. The van der Waals surface area contributed by atoms with Gasteiger partial charge in [-0.3, -0.25) is 14.3 Å². The van der Waals surface area contributed by atoms with Crippen molar-refractivity contribution < 1.29 is 0 Å². The second-order valence-corrected chi connectivity index (χ2v) is 7.41. The lowest BCUT2D eigenvalue weighted by Crippen LogP contribution is -2.32. The highest BCUT2D eigenvalue weighted by atomic mass is 32.1. The van der Waals surface area contributed by atoms with Gasteiger partial charge in [0, 0.05) is 43.0 Å². The van der Waals surface area contributed by atoms with E-state index in [1.165, 1.54) is 18.4 Å². The van der Waals surface area contributed by atoms with Crippen molar-refractivity contribution in [2.75, 3.05) is 6.54 Å². The third kappa shape index (κ3) is 3.27. The first-order valence-electron chi connectivity index (χ1n) is 8.34. The summed E-state index contributed by atoms with van der Waals surface area (Å²) in [6.07, 6.45) is 10.4. The summed E-state index contributed by atoms with van der Waals surface area (Å²) in [5.41, 5.74) is 3.47. The number of aryl methyl sites for hydroxylation is 2. The fourth-order valence-electron chi connectivity index (χ4n) is 3.34. The van der Waals surface area contributed by atoms with Crippen LogP contribution in [0.2, 0.25) is 0 Å². The Balaban J connectivity index is 1.43. The zero-order valence-electron chi connectivity index (χ0n) is 14.1. The molecule has 1 aliphatic rings. The Bertz CT molecular complexity index is 817. The molecular weight excluding hydrogens is 320 g/mol. The number of nitrogens with zero attached hydrogens (tertiary/aromatic N) is 6. The summed E-state index contributed by atoms with van der Waals surface area (Å²) in [6.45, 7) is 5.12. The van der Waals surface area contributed by atoms with Crippen LogP contribution in [0.15, 0.2) is 30.2 Å². The molecule has 7 heteroatoms. The van der Waals surface area contributed by atoms with Gasteiger partial charge in [-0.05, 0) is 31.9 Å². The Kier molecular flexibility index (Phi) is 4.20. The molecule has 1 unspecified atom stereocenters. The number of rotatable bonds is 5. The maximum atomic E-state index is 4.80. The van der Waals surface area contributed by atoms with Crippen LogP contribution in [0, 0.1) is 6.92 Å². The van der Waals surface area contributed by atoms with Crippen molar-refractivity contribution in [2.45, 2.75) is 38.9 Å². The van der Waals surface area contributed by atoms with Gasteiger partial charge in [-0.25, -0.2) is 4.98 Å². The van der Waals surface area contributed by atoms with E-state index < -0.39 is 0 Å². The molecular formula is C17H22N6S. The van der Waals surface area contributed by atoms with Crippen LogP contribution in [-0.4, -0.2) is 42.0 Å². The van der Waals surface area contributed by atoms with E-state index in [9.17, 15) is 0 Å². The number of thiazole rings is 1. The van der Waals surface area contributed by atoms with Crippen molar-refractivity contribution in [3.63, 3.8) is 0 Å². The predicted molar refractivity (Wildman–Crippen MR) is 94.7 cm³/mol. The molecule has 0 radical (unpaired) electrons. The molecule has 4 heterocycles. The van der Waals surface area contributed by atoms with Crippen molar-refractivity contribution in [1.29, 1.82) is 0 Å². The van der Waals surface area contributed by atoms with E-state index in [2.05, 4.69) is 38.3 Å². The standard InChI is InChI=1S/C17H22N6S/c1-13-6-19-23(8-13)11-16-4-3-5-22(16)10-15-12-24-17(20-15)14-7-18-21(2)9-14/h6-9,12,16H,3-5,10-11H2,1-2H3. The van der Waals surface area contributed by atoms with Crippen molar-refractivity contribution in [1.82, 2.24) is 29.4 Å². The molecule has 1 atom stereocenters. The quantitative estimate of drug-likeness (QED) is 0.715. The van der Waals surface area contributed by atoms with E-state index in [0.717, 1.165) is 35.9 Å². The van der Waals surface area contributed by atoms with E-state index in [1.807, 2.05) is 30.3 Å². The Morgan fingerprint density at radius 3 is 2.92 bits per heavy atom. The average molecular weight is 342 g/mol. The summed E-state index contributed by atoms with van der Waals surface area (Å²) >= 11 is 1.70. The zero-order chi connectivity index (χ0) is 16.5. The van der Waals surface area contributed by atoms with Gasteiger partial charge in [0.25, 0.3) is 0 Å². The second kappa shape index (κ2) is 6.49. The van der Waals surface area contributed by atoms with Gasteiger partial charge in [0.05, 0.1) is 24.6 Å². The van der Waals surface area contributed by atoms with Gasteiger partial charge in [-0.2, -0.15) is 10.2 Å². The molecule has 126 valence electrons. The summed E-state index contributed by atoms with van der Waals surface area (Å²) in [4.78, 5) is 7.34. The van der Waals surface area contributed by atoms with Gasteiger partial charge in [0.1, 0.15) is 5.01 Å². The molecule has 0 saturated carbocycles. The largest absolute Gasteiger partial charge is 0.293 e. The van der Waals surface area contributed by atoms with Crippen LogP contribution in [0.25, 0.3) is 10.6 Å². The lowest BCUT2D eigenvalue weighted by molar-refractivity contribution is 0.217. The maximum Gasteiger partial charge on any atom is 0.126 e. The predicted octanol–water partition coefficient (Wildman–Crippen LogP) is 2.71. The molecule has 0 N–H and O–H groups in total. The molecule has 4 rings (SSSR count). The summed E-state index contributed by atoms with van der Waals surface area (Å²) < 4.78 is 3.89. The van der Waals surface area contributed by atoms with E-state index in [4.69, 9.17) is 4.98 Å². The highest BCUT2D eigenvalue weighted by Gasteiger charge is 2.25. The Labute approximate surface area is 145 Å². The molecule has 3 aromatic rings. The van der Waals surface area contributed by atoms with Gasteiger partial charge in [-0.1, -0.05) is 0 Å². The lowest BCUT2D eigenvalue weighted by Gasteiger charge is -2.23. The molecule has 1 aliphatic heterocycles. The minimum Gasteiger partial charge on any atom is -0.293 e. The number of likely N-dealkylation sites (tertiary alicyclic amines) is 1. The fourth-order valence-corrected chi connectivity index (χ4v) is 4.13. The van der Waals surface area contributed by atoms with Crippen LogP contribution >= 0.6 is 11.3 Å². The highest BCUT2D eigenvalue weighted by molar-refractivity contribution is 7.13.